The van der Waals surface area contributed by atoms with Crippen LogP contribution in [0.2, 0.25) is 5.02 Å². The van der Waals surface area contributed by atoms with Crippen molar-refractivity contribution in [2.45, 2.75) is 6.92 Å². The molecule has 0 spiro atoms. The van der Waals surface area contributed by atoms with Gasteiger partial charge >= 0.3 is 0 Å². The van der Waals surface area contributed by atoms with Gasteiger partial charge in [-0.2, -0.15) is 0 Å². The number of nitrogens with one attached hydrogen (secondary N) is 1. The molecule has 104 valence electrons. The van der Waals surface area contributed by atoms with Crippen LogP contribution in [0.15, 0.2) is 30.6 Å². The number of hydrogen-bond donors (Lipinski definition) is 1. The van der Waals surface area contributed by atoms with Gasteiger partial charge in [-0.05, 0) is 30.7 Å². The van der Waals surface area contributed by atoms with Crippen LogP contribution >= 0.6 is 11.6 Å². The van der Waals surface area contributed by atoms with Crippen molar-refractivity contribution in [2.24, 2.45) is 0 Å². The normalized spacial score (nSPS) is 10.2. The smallest absolute Gasteiger partial charge is 0.279 e. The van der Waals surface area contributed by atoms with Gasteiger partial charge in [-0.1, -0.05) is 11.6 Å². The standard InChI is InChI=1S/C14H15ClN4O/c1-9-4-5-17-12(6-9)19(3)14(20)13-11(16-2)7-10(15)8-18-13/h4-8,16H,1-3H3. The van der Waals surface area contributed by atoms with E-state index in [1.54, 1.807) is 26.4 Å². The Kier molecular flexibility index (Phi) is 4.20. The monoisotopic (exact) mass is 290 g/mol. The number of hydrogen-bond acceptors (Lipinski definition) is 4. The molecule has 0 saturated heterocycles. The van der Waals surface area contributed by atoms with Crippen molar-refractivity contribution in [2.75, 3.05) is 24.3 Å². The Labute approximate surface area is 122 Å². The molecule has 0 aliphatic rings. The molecule has 2 aromatic heterocycles. The molecule has 0 unspecified atom stereocenters. The summed E-state index contributed by atoms with van der Waals surface area (Å²) in [4.78, 5) is 22.2. The van der Waals surface area contributed by atoms with Gasteiger partial charge in [0.1, 0.15) is 5.82 Å². The molecule has 0 radical (unpaired) electrons. The maximum Gasteiger partial charge on any atom is 0.279 e. The lowest BCUT2D eigenvalue weighted by molar-refractivity contribution is 0.0988. The van der Waals surface area contributed by atoms with Crippen molar-refractivity contribution in [3.8, 4) is 0 Å². The predicted octanol–water partition coefficient (Wildman–Crippen LogP) is 2.76. The Bertz CT molecular complexity index is 645. The second-order valence-electron chi connectivity index (χ2n) is 4.36. The lowest BCUT2D eigenvalue weighted by Crippen LogP contribution is -2.28. The zero-order chi connectivity index (χ0) is 14.7. The number of rotatable bonds is 3. The van der Waals surface area contributed by atoms with Crippen molar-refractivity contribution < 1.29 is 4.79 Å². The Hall–Kier alpha value is -2.14. The third-order valence-electron chi connectivity index (χ3n) is 2.88. The summed E-state index contributed by atoms with van der Waals surface area (Å²) < 4.78 is 0. The topological polar surface area (TPSA) is 58.1 Å². The zero-order valence-corrected chi connectivity index (χ0v) is 12.3. The molecule has 0 aromatic carbocycles. The van der Waals surface area contributed by atoms with Crippen LogP contribution in [0.4, 0.5) is 11.5 Å². The Morgan fingerprint density at radius 2 is 2.10 bits per heavy atom. The van der Waals surface area contributed by atoms with Gasteiger partial charge in [-0.15, -0.1) is 0 Å². The fourth-order valence-corrected chi connectivity index (χ4v) is 1.92. The molecule has 20 heavy (non-hydrogen) atoms. The number of anilines is 2. The first-order chi connectivity index (χ1) is 9.52. The summed E-state index contributed by atoms with van der Waals surface area (Å²) in [5.41, 5.74) is 1.93. The summed E-state index contributed by atoms with van der Waals surface area (Å²) in [6.07, 6.45) is 3.12. The number of aromatic nitrogens is 2. The molecule has 1 N–H and O–H groups in total. The summed E-state index contributed by atoms with van der Waals surface area (Å²) in [5, 5.41) is 3.39. The molecule has 2 heterocycles. The molecule has 1 amide bonds. The molecule has 6 heteroatoms. The first-order valence-electron chi connectivity index (χ1n) is 6.07. The van der Waals surface area contributed by atoms with Gasteiger partial charge in [-0.3, -0.25) is 9.69 Å². The molecule has 0 fully saturated rings. The fourth-order valence-electron chi connectivity index (χ4n) is 1.77. The average Bonchev–Trinajstić information content (AvgIpc) is 2.45. The highest BCUT2D eigenvalue weighted by molar-refractivity contribution is 6.31. The van der Waals surface area contributed by atoms with Gasteiger partial charge in [0.2, 0.25) is 0 Å². The minimum atomic E-state index is -0.246. The molecule has 0 bridgehead atoms. The number of amides is 1. The molecule has 0 aliphatic heterocycles. The third-order valence-corrected chi connectivity index (χ3v) is 3.08. The molecule has 0 aliphatic carbocycles. The minimum absolute atomic E-state index is 0.246. The minimum Gasteiger partial charge on any atom is -0.386 e. The summed E-state index contributed by atoms with van der Waals surface area (Å²) in [6, 6.07) is 5.38. The highest BCUT2D eigenvalue weighted by atomic mass is 35.5. The van der Waals surface area contributed by atoms with Crippen molar-refractivity contribution in [3.63, 3.8) is 0 Å². The van der Waals surface area contributed by atoms with Gasteiger partial charge in [0.15, 0.2) is 5.69 Å². The van der Waals surface area contributed by atoms with E-state index in [4.69, 9.17) is 11.6 Å². The van der Waals surface area contributed by atoms with E-state index in [1.165, 1.54) is 11.1 Å². The highest BCUT2D eigenvalue weighted by Gasteiger charge is 2.19. The van der Waals surface area contributed by atoms with Crippen LogP contribution in [0.1, 0.15) is 16.1 Å². The van der Waals surface area contributed by atoms with Crippen LogP contribution in [-0.2, 0) is 0 Å². The number of pyridine rings is 2. The van der Waals surface area contributed by atoms with Crippen molar-refractivity contribution >= 4 is 29.0 Å². The number of carbonyl (C=O) groups is 1. The highest BCUT2D eigenvalue weighted by Crippen LogP contribution is 2.21. The number of nitrogens with zero attached hydrogens (tertiary/aromatic N) is 3. The first-order valence-corrected chi connectivity index (χ1v) is 6.44. The molecular formula is C14H15ClN4O. The predicted molar refractivity (Wildman–Crippen MR) is 80.5 cm³/mol. The van der Waals surface area contributed by atoms with Crippen molar-refractivity contribution in [1.29, 1.82) is 0 Å². The summed E-state index contributed by atoms with van der Waals surface area (Å²) in [7, 11) is 3.38. The number of aryl methyl sites for hydroxylation is 1. The van der Waals surface area contributed by atoms with E-state index in [0.29, 0.717) is 22.2 Å². The molecule has 5 nitrogen and oxygen atoms in total. The van der Waals surface area contributed by atoms with Crippen molar-refractivity contribution in [3.05, 3.63) is 46.9 Å². The quantitative estimate of drug-likeness (QED) is 0.944. The van der Waals surface area contributed by atoms with Gasteiger partial charge in [0.25, 0.3) is 5.91 Å². The molecular weight excluding hydrogens is 276 g/mol. The molecule has 0 atom stereocenters. The van der Waals surface area contributed by atoms with Crippen molar-refractivity contribution in [1.82, 2.24) is 9.97 Å². The summed E-state index contributed by atoms with van der Waals surface area (Å²) in [5.74, 6) is 0.331. The molecule has 2 aromatic rings. The van der Waals surface area contributed by atoms with Crippen LogP contribution in [0.3, 0.4) is 0 Å². The number of halogens is 1. The van der Waals surface area contributed by atoms with E-state index < -0.39 is 0 Å². The Balaban J connectivity index is 2.36. The Morgan fingerprint density at radius 3 is 2.75 bits per heavy atom. The second kappa shape index (κ2) is 5.88. The SMILES string of the molecule is CNc1cc(Cl)cnc1C(=O)N(C)c1cc(C)ccn1. The van der Waals surface area contributed by atoms with E-state index >= 15 is 0 Å². The molecule has 0 saturated carbocycles. The summed E-state index contributed by atoms with van der Waals surface area (Å²) in [6.45, 7) is 1.95. The van der Waals surface area contributed by atoms with E-state index in [0.717, 1.165) is 5.56 Å². The van der Waals surface area contributed by atoms with E-state index in [1.807, 2.05) is 19.1 Å². The van der Waals surface area contributed by atoms with E-state index in [2.05, 4.69) is 15.3 Å². The van der Waals surface area contributed by atoms with Crippen LogP contribution in [0, 0.1) is 6.92 Å². The van der Waals surface area contributed by atoms with Crippen LogP contribution in [0.5, 0.6) is 0 Å². The lowest BCUT2D eigenvalue weighted by atomic mass is 10.2. The third kappa shape index (κ3) is 2.88. The van der Waals surface area contributed by atoms with Gasteiger partial charge in [0.05, 0.1) is 10.7 Å². The van der Waals surface area contributed by atoms with E-state index in [9.17, 15) is 4.79 Å². The van der Waals surface area contributed by atoms with Crippen LogP contribution in [0.25, 0.3) is 0 Å². The van der Waals surface area contributed by atoms with Gasteiger partial charge in [0, 0.05) is 26.5 Å². The maximum atomic E-state index is 12.5. The van der Waals surface area contributed by atoms with Gasteiger partial charge < -0.3 is 5.32 Å². The zero-order valence-electron chi connectivity index (χ0n) is 11.5. The largest absolute Gasteiger partial charge is 0.386 e. The first kappa shape index (κ1) is 14.3. The fraction of sp³-hybridized carbons (Fsp3) is 0.214. The maximum absolute atomic E-state index is 12.5. The van der Waals surface area contributed by atoms with Crippen LogP contribution < -0.4 is 10.2 Å². The van der Waals surface area contributed by atoms with Gasteiger partial charge in [-0.25, -0.2) is 9.97 Å². The molecule has 2 rings (SSSR count). The van der Waals surface area contributed by atoms with E-state index in [-0.39, 0.29) is 5.91 Å². The lowest BCUT2D eigenvalue weighted by Gasteiger charge is -2.17. The van der Waals surface area contributed by atoms with Crippen LogP contribution in [-0.4, -0.2) is 30.0 Å². The second-order valence-corrected chi connectivity index (χ2v) is 4.79. The average molecular weight is 291 g/mol. The summed E-state index contributed by atoms with van der Waals surface area (Å²) >= 11 is 5.88. The number of carbonyl (C=O) groups excluding carboxylic acids is 1. The Morgan fingerprint density at radius 1 is 1.35 bits per heavy atom.